The van der Waals surface area contributed by atoms with Gasteiger partial charge in [0.2, 0.25) is 0 Å². The summed E-state index contributed by atoms with van der Waals surface area (Å²) in [5.41, 5.74) is -0.760. The average molecular weight is 345 g/mol. The second kappa shape index (κ2) is 6.76. The first kappa shape index (κ1) is 18.2. The lowest BCUT2D eigenvalue weighted by atomic mass is 9.83. The average Bonchev–Trinajstić information content (AvgIpc) is 2.96. The normalized spacial score (nSPS) is 12.4. The largest absolute Gasteiger partial charge is 0.480 e. The highest BCUT2D eigenvalue weighted by atomic mass is 16.4. The van der Waals surface area contributed by atoms with Crippen molar-refractivity contribution in [3.05, 3.63) is 42.1 Å². The quantitative estimate of drug-likeness (QED) is 0.680. The zero-order valence-corrected chi connectivity index (χ0v) is 14.1. The van der Waals surface area contributed by atoms with Crippen LogP contribution in [0.4, 0.5) is 0 Å². The summed E-state index contributed by atoms with van der Waals surface area (Å²) >= 11 is 0. The Morgan fingerprint density at radius 2 is 1.72 bits per heavy atom. The number of carbonyl (C=O) groups excluding carboxylic acids is 1. The van der Waals surface area contributed by atoms with Gasteiger partial charge >= 0.3 is 11.9 Å². The van der Waals surface area contributed by atoms with Gasteiger partial charge in [-0.2, -0.15) is 5.10 Å². The minimum Gasteiger partial charge on any atom is -0.480 e. The molecule has 1 aromatic carbocycles. The molecule has 2 rings (SSSR count). The van der Waals surface area contributed by atoms with Crippen LogP contribution in [-0.2, 0) is 16.6 Å². The predicted molar refractivity (Wildman–Crippen MR) is 89.0 cm³/mol. The molecule has 1 amide bonds. The molecule has 8 heteroatoms. The van der Waals surface area contributed by atoms with Crippen LogP contribution in [0.3, 0.4) is 0 Å². The Morgan fingerprint density at radius 3 is 2.24 bits per heavy atom. The van der Waals surface area contributed by atoms with Crippen molar-refractivity contribution >= 4 is 17.8 Å². The summed E-state index contributed by atoms with van der Waals surface area (Å²) in [7, 11) is 1.66. The third-order valence-electron chi connectivity index (χ3n) is 4.22. The fourth-order valence-electron chi connectivity index (χ4n) is 2.34. The maximum absolute atomic E-state index is 12.6. The first-order valence-corrected chi connectivity index (χ1v) is 7.54. The van der Waals surface area contributed by atoms with Crippen molar-refractivity contribution in [1.82, 2.24) is 15.1 Å². The van der Waals surface area contributed by atoms with E-state index in [2.05, 4.69) is 10.4 Å². The molecule has 0 radical (unpaired) electrons. The molecule has 3 N–H and O–H groups in total. The number of nitrogens with one attached hydrogen (secondary N) is 1. The van der Waals surface area contributed by atoms with Crippen molar-refractivity contribution in [3.63, 3.8) is 0 Å². The van der Waals surface area contributed by atoms with Gasteiger partial charge in [0.05, 0.1) is 11.6 Å². The van der Waals surface area contributed by atoms with Crippen LogP contribution in [-0.4, -0.2) is 43.9 Å². The van der Waals surface area contributed by atoms with E-state index in [0.29, 0.717) is 5.69 Å². The Labute approximate surface area is 144 Å². The zero-order chi connectivity index (χ0) is 18.8. The lowest BCUT2D eigenvalue weighted by Crippen LogP contribution is -2.53. The molecule has 0 aliphatic rings. The molecule has 1 atom stereocenters. The van der Waals surface area contributed by atoms with Crippen LogP contribution in [0.2, 0.25) is 0 Å². The highest BCUT2D eigenvalue weighted by Crippen LogP contribution is 2.25. The lowest BCUT2D eigenvalue weighted by Gasteiger charge is -2.27. The summed E-state index contributed by atoms with van der Waals surface area (Å²) in [6.45, 7) is 2.41. The zero-order valence-electron chi connectivity index (χ0n) is 14.1. The predicted octanol–water partition coefficient (Wildman–Crippen LogP) is 1.38. The van der Waals surface area contributed by atoms with Gasteiger partial charge in [-0.1, -0.05) is 30.3 Å². The van der Waals surface area contributed by atoms with Crippen molar-refractivity contribution in [3.8, 4) is 11.3 Å². The van der Waals surface area contributed by atoms with Crippen molar-refractivity contribution in [1.29, 1.82) is 0 Å². The summed E-state index contributed by atoms with van der Waals surface area (Å²) in [5, 5.41) is 25.2. The molecule has 0 spiro atoms. The van der Waals surface area contributed by atoms with Crippen LogP contribution in [0.15, 0.2) is 36.5 Å². The van der Waals surface area contributed by atoms with Crippen molar-refractivity contribution < 1.29 is 24.6 Å². The van der Waals surface area contributed by atoms with Gasteiger partial charge in [-0.05, 0) is 13.8 Å². The van der Waals surface area contributed by atoms with Gasteiger partial charge in [0.15, 0.2) is 5.41 Å². The number of amides is 1. The van der Waals surface area contributed by atoms with Crippen LogP contribution < -0.4 is 5.32 Å². The molecule has 0 aliphatic heterocycles. The van der Waals surface area contributed by atoms with Gasteiger partial charge in [-0.25, -0.2) is 0 Å². The smallest absolute Gasteiger partial charge is 0.322 e. The Bertz CT molecular complexity index is 799. The molecule has 0 saturated carbocycles. The highest BCUT2D eigenvalue weighted by molar-refractivity contribution is 6.02. The number of nitrogens with zero attached hydrogens (tertiary/aromatic N) is 2. The maximum atomic E-state index is 12.6. The summed E-state index contributed by atoms with van der Waals surface area (Å²) in [5.74, 6) is -3.64. The number of aromatic nitrogens is 2. The molecule has 1 aromatic heterocycles. The van der Waals surface area contributed by atoms with Crippen LogP contribution in [0.5, 0.6) is 0 Å². The number of hydrogen-bond acceptors (Lipinski definition) is 4. The van der Waals surface area contributed by atoms with E-state index in [1.165, 1.54) is 17.8 Å². The van der Waals surface area contributed by atoms with Gasteiger partial charge in [0, 0.05) is 18.8 Å². The van der Waals surface area contributed by atoms with Gasteiger partial charge < -0.3 is 15.5 Å². The number of aryl methyl sites for hydroxylation is 1. The lowest BCUT2D eigenvalue weighted by molar-refractivity contribution is -0.164. The van der Waals surface area contributed by atoms with Gasteiger partial charge in [-0.15, -0.1) is 0 Å². The molecule has 0 aliphatic carbocycles. The molecule has 25 heavy (non-hydrogen) atoms. The number of benzene rings is 1. The van der Waals surface area contributed by atoms with Crippen molar-refractivity contribution in [2.24, 2.45) is 12.5 Å². The molecular weight excluding hydrogens is 326 g/mol. The minimum atomic E-state index is -2.15. The second-order valence-corrected chi connectivity index (χ2v) is 5.94. The fraction of sp³-hybridized carbons (Fsp3) is 0.294. The molecule has 2 aromatic rings. The molecule has 0 bridgehead atoms. The second-order valence-electron chi connectivity index (χ2n) is 5.94. The van der Waals surface area contributed by atoms with E-state index in [0.717, 1.165) is 12.5 Å². The Morgan fingerprint density at radius 1 is 1.16 bits per heavy atom. The number of carbonyl (C=O) groups is 3. The third kappa shape index (κ3) is 3.37. The van der Waals surface area contributed by atoms with Crippen molar-refractivity contribution in [2.75, 3.05) is 0 Å². The number of aliphatic carboxylic acids is 2. The number of carboxylic acids is 2. The summed E-state index contributed by atoms with van der Waals surface area (Å²) in [4.78, 5) is 35.3. The van der Waals surface area contributed by atoms with E-state index in [1.54, 1.807) is 31.3 Å². The van der Waals surface area contributed by atoms with E-state index >= 15 is 0 Å². The summed E-state index contributed by atoms with van der Waals surface area (Å²) in [6, 6.07) is 7.89. The first-order chi connectivity index (χ1) is 11.7. The fourth-order valence-corrected chi connectivity index (χ4v) is 2.34. The molecule has 8 nitrogen and oxygen atoms in total. The number of carboxylic acid groups (broad SMARTS) is 2. The molecular formula is C17H19N3O5. The maximum Gasteiger partial charge on any atom is 0.322 e. The topological polar surface area (TPSA) is 122 Å². The standard InChI is InChI=1S/C17H19N3O5/c1-10(17(2,15(22)23)16(24)25)18-14(21)12-9-20(3)19-13(12)11-7-5-4-6-8-11/h4-10H,1-3H3,(H,18,21)(H,22,23)(H,24,25). The van der Waals surface area contributed by atoms with E-state index in [9.17, 15) is 24.6 Å². The molecule has 132 valence electrons. The molecule has 1 heterocycles. The van der Waals surface area contributed by atoms with Crippen LogP contribution in [0, 0.1) is 5.41 Å². The van der Waals surface area contributed by atoms with Crippen LogP contribution >= 0.6 is 0 Å². The van der Waals surface area contributed by atoms with Gasteiger partial charge in [0.25, 0.3) is 5.91 Å². The van der Waals surface area contributed by atoms with E-state index < -0.39 is 29.3 Å². The first-order valence-electron chi connectivity index (χ1n) is 7.54. The number of hydrogen-bond donors (Lipinski definition) is 3. The highest BCUT2D eigenvalue weighted by Gasteiger charge is 2.47. The SMILES string of the molecule is CC(NC(=O)c1cn(C)nc1-c1ccccc1)C(C)(C(=O)O)C(=O)O. The Kier molecular flexibility index (Phi) is 4.92. The van der Waals surface area contributed by atoms with E-state index in [4.69, 9.17) is 0 Å². The summed E-state index contributed by atoms with van der Waals surface area (Å²) in [6.07, 6.45) is 1.50. The van der Waals surface area contributed by atoms with Crippen molar-refractivity contribution in [2.45, 2.75) is 19.9 Å². The number of rotatable bonds is 6. The monoisotopic (exact) mass is 345 g/mol. The minimum absolute atomic E-state index is 0.235. The molecule has 1 unspecified atom stereocenters. The Balaban J connectivity index is 2.34. The van der Waals surface area contributed by atoms with E-state index in [-0.39, 0.29) is 5.56 Å². The summed E-state index contributed by atoms with van der Waals surface area (Å²) < 4.78 is 1.47. The van der Waals surface area contributed by atoms with Crippen LogP contribution in [0.25, 0.3) is 11.3 Å². The Hall–Kier alpha value is -3.16. The molecule has 0 fully saturated rings. The van der Waals surface area contributed by atoms with Gasteiger partial charge in [-0.3, -0.25) is 19.1 Å². The third-order valence-corrected chi connectivity index (χ3v) is 4.22. The van der Waals surface area contributed by atoms with E-state index in [1.807, 2.05) is 6.07 Å². The van der Waals surface area contributed by atoms with Crippen LogP contribution in [0.1, 0.15) is 24.2 Å². The van der Waals surface area contributed by atoms with Gasteiger partial charge in [0.1, 0.15) is 5.69 Å². The molecule has 0 saturated heterocycles.